The van der Waals surface area contributed by atoms with Crippen molar-refractivity contribution in [3.05, 3.63) is 0 Å². The second-order valence-electron chi connectivity index (χ2n) is 2.38. The first-order valence-electron chi connectivity index (χ1n) is 3.75. The van der Waals surface area contributed by atoms with E-state index in [4.69, 9.17) is 5.26 Å². The summed E-state index contributed by atoms with van der Waals surface area (Å²) in [4.78, 5) is -1.63. The molecule has 0 aromatic rings. The van der Waals surface area contributed by atoms with Crippen LogP contribution in [0.3, 0.4) is 0 Å². The van der Waals surface area contributed by atoms with Gasteiger partial charge in [-0.2, -0.15) is 13.7 Å². The molecule has 1 unspecified atom stereocenters. The molecule has 0 aliphatic rings. The van der Waals surface area contributed by atoms with Gasteiger partial charge in [0.1, 0.15) is 0 Å². The lowest BCUT2D eigenvalue weighted by Crippen LogP contribution is -2.23. The Morgan fingerprint density at radius 2 is 1.80 bits per heavy atom. The van der Waals surface area contributed by atoms with Gasteiger partial charge in [-0.05, 0) is 0 Å². The molecular formula is C6H12NO6PS. The fraction of sp³-hybridized carbons (Fsp3) is 0.833. The zero-order valence-corrected chi connectivity index (χ0v) is 10.2. The highest BCUT2D eigenvalue weighted by atomic mass is 32.2. The number of hydrogen-bond donors (Lipinski definition) is 0. The van der Waals surface area contributed by atoms with Gasteiger partial charge in [0.2, 0.25) is 4.99 Å². The van der Waals surface area contributed by atoms with E-state index in [2.05, 4.69) is 13.2 Å². The molecule has 0 radical (unpaired) electrons. The maximum atomic E-state index is 11.8. The van der Waals surface area contributed by atoms with Crippen LogP contribution in [0.2, 0.25) is 0 Å². The molecule has 0 heterocycles. The molecule has 0 saturated heterocycles. The Morgan fingerprint density at radius 3 is 2.07 bits per heavy atom. The minimum atomic E-state index is -4.14. The minimum Gasteiger partial charge on any atom is -0.311 e. The van der Waals surface area contributed by atoms with Crippen LogP contribution in [0.15, 0.2) is 0 Å². The monoisotopic (exact) mass is 257 g/mol. The fourth-order valence-corrected chi connectivity index (χ4v) is 4.34. The molecule has 0 aliphatic carbocycles. The van der Waals surface area contributed by atoms with E-state index in [0.29, 0.717) is 0 Å². The predicted molar refractivity (Wildman–Crippen MR) is 51.6 cm³/mol. The van der Waals surface area contributed by atoms with E-state index < -0.39 is 29.1 Å². The molecule has 1 atom stereocenters. The van der Waals surface area contributed by atoms with Crippen LogP contribution in [0, 0.1) is 11.3 Å². The van der Waals surface area contributed by atoms with Crippen LogP contribution in [-0.4, -0.2) is 34.7 Å². The van der Waals surface area contributed by atoms with Gasteiger partial charge in [-0.1, -0.05) is 0 Å². The van der Waals surface area contributed by atoms with E-state index in [0.717, 1.165) is 21.3 Å². The topological polar surface area (TPSA) is 103 Å². The summed E-state index contributed by atoms with van der Waals surface area (Å²) >= 11 is 0. The number of hydrogen-bond acceptors (Lipinski definition) is 7. The van der Waals surface area contributed by atoms with E-state index in [1.54, 1.807) is 6.07 Å². The summed E-state index contributed by atoms with van der Waals surface area (Å²) in [5, 5.41) is 8.45. The molecule has 0 rings (SSSR count). The molecule has 9 heteroatoms. The van der Waals surface area contributed by atoms with Crippen molar-refractivity contribution in [2.45, 2.75) is 11.4 Å². The maximum Gasteiger partial charge on any atom is 0.351 e. The molecule has 0 aliphatic heterocycles. The lowest BCUT2D eigenvalue weighted by molar-refractivity contribution is 0.270. The molecule has 0 fully saturated rings. The highest BCUT2D eigenvalue weighted by Crippen LogP contribution is 2.55. The molecule has 88 valence electrons. The Hall–Kier alpha value is -0.450. The summed E-state index contributed by atoms with van der Waals surface area (Å²) in [5.41, 5.74) is 0. The molecule has 0 aromatic heterocycles. The first-order valence-corrected chi connectivity index (χ1v) is 6.84. The Labute approximate surface area is 88.6 Å². The smallest absolute Gasteiger partial charge is 0.311 e. The van der Waals surface area contributed by atoms with E-state index >= 15 is 0 Å². The zero-order valence-electron chi connectivity index (χ0n) is 8.54. The Balaban J connectivity index is 5.34. The Bertz CT molecular complexity index is 377. The van der Waals surface area contributed by atoms with Crippen LogP contribution in [0.5, 0.6) is 0 Å². The lowest BCUT2D eigenvalue weighted by atomic mass is 10.5. The van der Waals surface area contributed by atoms with E-state index in [9.17, 15) is 13.0 Å². The summed E-state index contributed by atoms with van der Waals surface area (Å²) < 4.78 is 47.7. The van der Waals surface area contributed by atoms with Gasteiger partial charge in [0, 0.05) is 14.2 Å². The van der Waals surface area contributed by atoms with Gasteiger partial charge in [0.15, 0.2) is 0 Å². The van der Waals surface area contributed by atoms with Crippen molar-refractivity contribution >= 4 is 17.7 Å². The number of nitriles is 1. The molecule has 7 nitrogen and oxygen atoms in total. The highest BCUT2D eigenvalue weighted by Gasteiger charge is 2.44. The van der Waals surface area contributed by atoms with Crippen molar-refractivity contribution in [3.63, 3.8) is 0 Å². The van der Waals surface area contributed by atoms with Crippen LogP contribution >= 0.6 is 7.60 Å². The fourth-order valence-electron chi connectivity index (χ4n) is 0.871. The van der Waals surface area contributed by atoms with Crippen molar-refractivity contribution < 1.29 is 26.2 Å². The predicted octanol–water partition coefficient (Wildman–Crippen LogP) is 0.688. The summed E-state index contributed by atoms with van der Waals surface area (Å²) in [5.74, 6) is 0. The van der Waals surface area contributed by atoms with Crippen molar-refractivity contribution in [1.29, 1.82) is 5.26 Å². The Kier molecular flexibility index (Phi) is 5.42. The molecular weight excluding hydrogens is 245 g/mol. The van der Waals surface area contributed by atoms with Crippen molar-refractivity contribution in [2.24, 2.45) is 0 Å². The normalized spacial score (nSPS) is 14.5. The SMILES string of the molecule is COP(=O)(OC)C(CC#N)S(=O)(=O)OC. The second kappa shape index (κ2) is 5.58. The largest absolute Gasteiger partial charge is 0.351 e. The van der Waals surface area contributed by atoms with Gasteiger partial charge < -0.3 is 9.05 Å². The van der Waals surface area contributed by atoms with E-state index in [1.165, 1.54) is 0 Å². The van der Waals surface area contributed by atoms with Gasteiger partial charge in [-0.25, -0.2) is 0 Å². The summed E-state index contributed by atoms with van der Waals surface area (Å²) in [6.07, 6.45) is -0.533. The quantitative estimate of drug-likeness (QED) is 0.509. The lowest BCUT2D eigenvalue weighted by Gasteiger charge is -2.20. The Morgan fingerprint density at radius 1 is 1.33 bits per heavy atom. The molecule has 0 spiro atoms. The highest BCUT2D eigenvalue weighted by molar-refractivity contribution is 7.94. The summed E-state index contributed by atoms with van der Waals surface area (Å²) in [7, 11) is -5.03. The second-order valence-corrected chi connectivity index (χ2v) is 7.05. The van der Waals surface area contributed by atoms with Crippen LogP contribution in [0.1, 0.15) is 6.42 Å². The van der Waals surface area contributed by atoms with Crippen LogP contribution in [-0.2, 0) is 27.9 Å². The first kappa shape index (κ1) is 14.6. The van der Waals surface area contributed by atoms with Gasteiger partial charge in [0.25, 0.3) is 10.1 Å². The van der Waals surface area contributed by atoms with Gasteiger partial charge in [0.05, 0.1) is 19.6 Å². The average Bonchev–Trinajstić information content (AvgIpc) is 2.24. The van der Waals surface area contributed by atoms with Crippen molar-refractivity contribution in [1.82, 2.24) is 0 Å². The molecule has 0 aromatic carbocycles. The van der Waals surface area contributed by atoms with Crippen LogP contribution < -0.4 is 0 Å². The standard InChI is InChI=1S/C6H12NO6PS/c1-11-14(8,12-2)6(4-5-7)15(9,10)13-3/h6H,4H2,1-3H3. The molecule has 0 amide bonds. The maximum absolute atomic E-state index is 11.8. The van der Waals surface area contributed by atoms with Gasteiger partial charge in [-0.15, -0.1) is 0 Å². The minimum absolute atomic E-state index is 0.533. The molecule has 0 N–H and O–H groups in total. The van der Waals surface area contributed by atoms with Gasteiger partial charge in [-0.3, -0.25) is 8.75 Å². The summed E-state index contributed by atoms with van der Waals surface area (Å²) in [6.45, 7) is 0. The van der Waals surface area contributed by atoms with Gasteiger partial charge >= 0.3 is 7.60 Å². The number of nitrogens with zero attached hydrogens (tertiary/aromatic N) is 1. The van der Waals surface area contributed by atoms with Crippen molar-refractivity contribution in [3.8, 4) is 6.07 Å². The molecule has 0 bridgehead atoms. The third kappa shape index (κ3) is 3.26. The van der Waals surface area contributed by atoms with E-state index in [1.807, 2.05) is 0 Å². The van der Waals surface area contributed by atoms with E-state index in [-0.39, 0.29) is 0 Å². The number of rotatable bonds is 6. The molecule has 0 saturated carbocycles. The third-order valence-corrected chi connectivity index (χ3v) is 6.45. The average molecular weight is 257 g/mol. The first-order chi connectivity index (χ1) is 6.87. The molecule has 15 heavy (non-hydrogen) atoms. The third-order valence-electron chi connectivity index (χ3n) is 1.69. The summed E-state index contributed by atoms with van der Waals surface area (Å²) in [6, 6.07) is 1.59. The van der Waals surface area contributed by atoms with Crippen LogP contribution in [0.4, 0.5) is 0 Å². The van der Waals surface area contributed by atoms with Crippen molar-refractivity contribution in [2.75, 3.05) is 21.3 Å². The van der Waals surface area contributed by atoms with Crippen LogP contribution in [0.25, 0.3) is 0 Å². The zero-order chi connectivity index (χ0) is 12.1.